The number of esters is 1. The predicted molar refractivity (Wildman–Crippen MR) is 62.0 cm³/mol. The van der Waals surface area contributed by atoms with Gasteiger partial charge in [0, 0.05) is 0 Å². The van der Waals surface area contributed by atoms with Gasteiger partial charge in [0.2, 0.25) is 0 Å². The fourth-order valence-electron chi connectivity index (χ4n) is 2.11. The Bertz CT molecular complexity index is 200. The average Bonchev–Trinajstić information content (AvgIpc) is 2.30. The van der Waals surface area contributed by atoms with Crippen LogP contribution >= 0.6 is 0 Å². The van der Waals surface area contributed by atoms with E-state index in [0.717, 1.165) is 44.9 Å². The molecule has 1 saturated carbocycles. The number of hydrogen-bond acceptors (Lipinski definition) is 2. The summed E-state index contributed by atoms with van der Waals surface area (Å²) in [4.78, 5) is 11.4. The third-order valence-electron chi connectivity index (χ3n) is 3.15. The zero-order valence-corrected chi connectivity index (χ0v) is 10.2. The fraction of sp³-hybridized carbons (Fsp3) is 0.923. The van der Waals surface area contributed by atoms with Gasteiger partial charge in [-0.25, -0.2) is 9.18 Å². The molecule has 0 aromatic rings. The summed E-state index contributed by atoms with van der Waals surface area (Å²) in [6.45, 7) is 2.06. The van der Waals surface area contributed by atoms with Crippen LogP contribution in [-0.4, -0.2) is 18.2 Å². The number of carbonyl (C=O) groups is 1. The van der Waals surface area contributed by atoms with Gasteiger partial charge in [0.25, 0.3) is 0 Å². The number of carbonyl (C=O) groups excluding carboxylic acids is 1. The molecule has 1 rings (SSSR count). The Balaban J connectivity index is 2.16. The Morgan fingerprint density at radius 2 is 2.00 bits per heavy atom. The highest BCUT2D eigenvalue weighted by atomic mass is 19.1. The highest BCUT2D eigenvalue weighted by molar-refractivity contribution is 5.74. The van der Waals surface area contributed by atoms with Gasteiger partial charge in [0.15, 0.2) is 6.17 Å². The Kier molecular flexibility index (Phi) is 6.43. The molecule has 0 aromatic heterocycles. The third kappa shape index (κ3) is 4.95. The van der Waals surface area contributed by atoms with Crippen molar-refractivity contribution in [2.75, 3.05) is 0 Å². The molecule has 2 nitrogen and oxygen atoms in total. The van der Waals surface area contributed by atoms with E-state index in [0.29, 0.717) is 6.42 Å². The van der Waals surface area contributed by atoms with Crippen molar-refractivity contribution in [3.8, 4) is 0 Å². The summed E-state index contributed by atoms with van der Waals surface area (Å²) in [5.74, 6) is -0.636. The molecule has 1 fully saturated rings. The Morgan fingerprint density at radius 1 is 1.31 bits per heavy atom. The summed E-state index contributed by atoms with van der Waals surface area (Å²) in [6.07, 6.45) is 6.93. The Labute approximate surface area is 97.6 Å². The van der Waals surface area contributed by atoms with E-state index in [-0.39, 0.29) is 6.10 Å². The van der Waals surface area contributed by atoms with E-state index in [1.165, 1.54) is 6.42 Å². The van der Waals surface area contributed by atoms with Crippen LogP contribution in [0.4, 0.5) is 4.39 Å². The van der Waals surface area contributed by atoms with Gasteiger partial charge in [-0.3, -0.25) is 0 Å². The molecule has 94 valence electrons. The van der Waals surface area contributed by atoms with Crippen LogP contribution in [0.25, 0.3) is 0 Å². The summed E-state index contributed by atoms with van der Waals surface area (Å²) >= 11 is 0. The highest BCUT2D eigenvalue weighted by Gasteiger charge is 2.23. The lowest BCUT2D eigenvalue weighted by molar-refractivity contribution is -0.156. The van der Waals surface area contributed by atoms with Crippen LogP contribution < -0.4 is 0 Å². The number of alkyl halides is 1. The van der Waals surface area contributed by atoms with Crippen LogP contribution in [0.5, 0.6) is 0 Å². The molecular formula is C13H23FO2. The normalized spacial score (nSPS) is 19.4. The highest BCUT2D eigenvalue weighted by Crippen LogP contribution is 2.21. The Hall–Kier alpha value is -0.600. The molecule has 16 heavy (non-hydrogen) atoms. The number of unbranched alkanes of at least 4 members (excludes halogenated alkanes) is 2. The van der Waals surface area contributed by atoms with Gasteiger partial charge >= 0.3 is 5.97 Å². The van der Waals surface area contributed by atoms with E-state index >= 15 is 0 Å². The topological polar surface area (TPSA) is 26.3 Å². The maximum absolute atomic E-state index is 13.4. The van der Waals surface area contributed by atoms with E-state index in [1.807, 2.05) is 0 Å². The van der Waals surface area contributed by atoms with Crippen molar-refractivity contribution in [3.05, 3.63) is 0 Å². The summed E-state index contributed by atoms with van der Waals surface area (Å²) in [7, 11) is 0. The van der Waals surface area contributed by atoms with Crippen LogP contribution in [0.3, 0.4) is 0 Å². The van der Waals surface area contributed by atoms with E-state index in [1.54, 1.807) is 0 Å². The fourth-order valence-corrected chi connectivity index (χ4v) is 2.11. The first kappa shape index (κ1) is 13.5. The van der Waals surface area contributed by atoms with Gasteiger partial charge < -0.3 is 4.74 Å². The van der Waals surface area contributed by atoms with Crippen LogP contribution in [0.1, 0.15) is 64.7 Å². The van der Waals surface area contributed by atoms with Crippen molar-refractivity contribution in [3.63, 3.8) is 0 Å². The minimum Gasteiger partial charge on any atom is -0.460 e. The van der Waals surface area contributed by atoms with Gasteiger partial charge in [-0.2, -0.15) is 0 Å². The van der Waals surface area contributed by atoms with Crippen LogP contribution in [0.15, 0.2) is 0 Å². The minimum absolute atomic E-state index is 0.0225. The molecule has 0 unspecified atom stereocenters. The average molecular weight is 230 g/mol. The van der Waals surface area contributed by atoms with Crippen molar-refractivity contribution >= 4 is 5.97 Å². The van der Waals surface area contributed by atoms with Gasteiger partial charge in [-0.05, 0) is 38.5 Å². The number of ether oxygens (including phenoxy) is 1. The van der Waals surface area contributed by atoms with E-state index < -0.39 is 12.1 Å². The van der Waals surface area contributed by atoms with Crippen molar-refractivity contribution in [2.45, 2.75) is 77.0 Å². The first-order valence-electron chi connectivity index (χ1n) is 6.58. The molecule has 0 aliphatic heterocycles. The van der Waals surface area contributed by atoms with Gasteiger partial charge in [0.05, 0.1) is 0 Å². The molecule has 1 aliphatic rings. The summed E-state index contributed by atoms with van der Waals surface area (Å²) in [6, 6.07) is 0. The molecule has 0 spiro atoms. The summed E-state index contributed by atoms with van der Waals surface area (Å²) in [5.41, 5.74) is 0. The van der Waals surface area contributed by atoms with Gasteiger partial charge in [0.1, 0.15) is 6.10 Å². The lowest BCUT2D eigenvalue weighted by Crippen LogP contribution is -2.26. The van der Waals surface area contributed by atoms with Gasteiger partial charge in [-0.15, -0.1) is 0 Å². The molecule has 0 heterocycles. The van der Waals surface area contributed by atoms with Crippen LogP contribution in [0, 0.1) is 0 Å². The quantitative estimate of drug-likeness (QED) is 0.512. The smallest absolute Gasteiger partial charge is 0.340 e. The molecule has 0 bridgehead atoms. The number of hydrogen-bond donors (Lipinski definition) is 0. The number of rotatable bonds is 6. The monoisotopic (exact) mass is 230 g/mol. The second-order valence-corrected chi connectivity index (χ2v) is 4.66. The Morgan fingerprint density at radius 3 is 2.62 bits per heavy atom. The molecule has 0 amide bonds. The first-order valence-corrected chi connectivity index (χ1v) is 6.58. The molecule has 3 heteroatoms. The molecule has 0 radical (unpaired) electrons. The van der Waals surface area contributed by atoms with E-state index in [2.05, 4.69) is 6.92 Å². The molecule has 1 atom stereocenters. The zero-order valence-electron chi connectivity index (χ0n) is 10.2. The van der Waals surface area contributed by atoms with Crippen LogP contribution in [0.2, 0.25) is 0 Å². The standard InChI is InChI=1S/C13H23FO2/c1-2-3-5-10-12(14)13(15)16-11-8-6-4-7-9-11/h11-12H,2-10H2,1H3/t12-/m0/s1. The van der Waals surface area contributed by atoms with Crippen molar-refractivity contribution < 1.29 is 13.9 Å². The summed E-state index contributed by atoms with van der Waals surface area (Å²) in [5, 5.41) is 0. The minimum atomic E-state index is -1.41. The van der Waals surface area contributed by atoms with Crippen molar-refractivity contribution in [2.24, 2.45) is 0 Å². The second-order valence-electron chi connectivity index (χ2n) is 4.66. The van der Waals surface area contributed by atoms with E-state index in [4.69, 9.17) is 4.74 Å². The molecule has 0 saturated heterocycles. The lowest BCUT2D eigenvalue weighted by atomic mass is 9.98. The zero-order chi connectivity index (χ0) is 11.8. The predicted octanol–water partition coefficient (Wildman–Crippen LogP) is 3.78. The maximum Gasteiger partial charge on any atom is 0.340 e. The lowest BCUT2D eigenvalue weighted by Gasteiger charge is -2.22. The maximum atomic E-state index is 13.4. The largest absolute Gasteiger partial charge is 0.460 e. The molecule has 0 N–H and O–H groups in total. The molecular weight excluding hydrogens is 207 g/mol. The second kappa shape index (κ2) is 7.64. The first-order chi connectivity index (χ1) is 7.74. The summed E-state index contributed by atoms with van der Waals surface area (Å²) < 4.78 is 18.6. The van der Waals surface area contributed by atoms with Crippen LogP contribution in [-0.2, 0) is 9.53 Å². The number of halogens is 1. The molecule has 1 aliphatic carbocycles. The van der Waals surface area contributed by atoms with Gasteiger partial charge in [-0.1, -0.05) is 26.2 Å². The van der Waals surface area contributed by atoms with E-state index in [9.17, 15) is 9.18 Å². The molecule has 0 aromatic carbocycles. The third-order valence-corrected chi connectivity index (χ3v) is 3.15. The SMILES string of the molecule is CCCCC[C@H](F)C(=O)OC1CCCCC1. The van der Waals surface area contributed by atoms with Crippen molar-refractivity contribution in [1.82, 2.24) is 0 Å². The van der Waals surface area contributed by atoms with Crippen molar-refractivity contribution in [1.29, 1.82) is 0 Å².